The van der Waals surface area contributed by atoms with E-state index in [4.69, 9.17) is 10.2 Å². The van der Waals surface area contributed by atoms with Gasteiger partial charge in [-0.1, -0.05) is 30.3 Å². The number of amides is 1. The van der Waals surface area contributed by atoms with Crippen LogP contribution in [0, 0.1) is 0 Å². The van der Waals surface area contributed by atoms with Crippen LogP contribution in [0.4, 0.5) is 13.2 Å². The van der Waals surface area contributed by atoms with E-state index in [1.54, 1.807) is 36.6 Å². The van der Waals surface area contributed by atoms with Gasteiger partial charge < -0.3 is 14.7 Å². The van der Waals surface area contributed by atoms with Crippen molar-refractivity contribution in [3.8, 4) is 11.3 Å². The van der Waals surface area contributed by atoms with Crippen LogP contribution in [0.25, 0.3) is 33.1 Å². The minimum atomic E-state index is -4.33. The van der Waals surface area contributed by atoms with Crippen molar-refractivity contribution in [1.82, 2.24) is 4.57 Å². The van der Waals surface area contributed by atoms with Gasteiger partial charge in [0.15, 0.2) is 0 Å². The number of thioether (sulfide) groups is 1. The molecular weight excluding hydrogens is 449 g/mol. The van der Waals surface area contributed by atoms with Crippen LogP contribution >= 0.6 is 11.8 Å². The number of fused-ring (bicyclic) bond motifs is 3. The Bertz CT molecular complexity index is 1470. The van der Waals surface area contributed by atoms with Gasteiger partial charge in [-0.15, -0.1) is 0 Å². The standard InChI is InChI=1S/C25H17F3N2O2S/c26-25(27,28)33-17-9-6-15(7-10-17)14-30-20-4-1-3-19(24(29)31)23(20)18-11-8-16(13-21(18)30)22-5-2-12-32-22/h1-13H,14H2,(H2,29,31). The third kappa shape index (κ3) is 4.09. The average Bonchev–Trinajstić information content (AvgIpc) is 3.41. The normalized spacial score (nSPS) is 12.0. The number of rotatable bonds is 5. The number of alkyl halides is 3. The zero-order valence-electron chi connectivity index (χ0n) is 17.1. The van der Waals surface area contributed by atoms with Crippen LogP contribution < -0.4 is 5.73 Å². The molecule has 0 spiro atoms. The van der Waals surface area contributed by atoms with E-state index in [0.29, 0.717) is 17.9 Å². The predicted molar refractivity (Wildman–Crippen MR) is 123 cm³/mol. The zero-order chi connectivity index (χ0) is 23.2. The van der Waals surface area contributed by atoms with Crippen LogP contribution in [-0.2, 0) is 6.54 Å². The lowest BCUT2D eigenvalue weighted by atomic mass is 10.0. The molecule has 1 amide bonds. The zero-order valence-corrected chi connectivity index (χ0v) is 17.9. The molecule has 0 aliphatic heterocycles. The van der Waals surface area contributed by atoms with Gasteiger partial charge in [-0.25, -0.2) is 0 Å². The van der Waals surface area contributed by atoms with Crippen LogP contribution in [0.15, 0.2) is 88.4 Å². The second-order valence-corrected chi connectivity index (χ2v) is 8.69. The minimum Gasteiger partial charge on any atom is -0.464 e. The molecule has 33 heavy (non-hydrogen) atoms. The van der Waals surface area contributed by atoms with Crippen LogP contribution in [0.3, 0.4) is 0 Å². The number of hydrogen-bond acceptors (Lipinski definition) is 3. The van der Waals surface area contributed by atoms with Gasteiger partial charge in [0.2, 0.25) is 5.91 Å². The summed E-state index contributed by atoms with van der Waals surface area (Å²) in [5.41, 5.74) is 5.10. The Hall–Kier alpha value is -3.65. The molecule has 5 rings (SSSR count). The van der Waals surface area contributed by atoms with E-state index in [0.717, 1.165) is 32.9 Å². The number of carbonyl (C=O) groups is 1. The first kappa shape index (κ1) is 21.2. The molecule has 0 saturated carbocycles. The third-order valence-electron chi connectivity index (χ3n) is 5.46. The molecule has 8 heteroatoms. The number of furan rings is 1. The smallest absolute Gasteiger partial charge is 0.446 e. The lowest BCUT2D eigenvalue weighted by Crippen LogP contribution is -2.11. The summed E-state index contributed by atoms with van der Waals surface area (Å²) in [6.45, 7) is 0.404. The Labute approximate surface area is 190 Å². The van der Waals surface area contributed by atoms with Crippen molar-refractivity contribution in [1.29, 1.82) is 0 Å². The molecule has 4 nitrogen and oxygen atoms in total. The first-order valence-corrected chi connectivity index (χ1v) is 10.9. The molecule has 0 unspecified atom stereocenters. The van der Waals surface area contributed by atoms with Crippen molar-refractivity contribution in [2.45, 2.75) is 16.9 Å². The van der Waals surface area contributed by atoms with Crippen molar-refractivity contribution in [3.05, 3.63) is 90.2 Å². The highest BCUT2D eigenvalue weighted by Gasteiger charge is 2.29. The Morgan fingerprint density at radius 3 is 2.42 bits per heavy atom. The van der Waals surface area contributed by atoms with Crippen LogP contribution in [0.5, 0.6) is 0 Å². The van der Waals surface area contributed by atoms with Gasteiger partial charge in [-0.05, 0) is 59.8 Å². The molecule has 2 N–H and O–H groups in total. The van der Waals surface area contributed by atoms with Crippen LogP contribution in [0.1, 0.15) is 15.9 Å². The van der Waals surface area contributed by atoms with E-state index >= 15 is 0 Å². The molecule has 0 atom stereocenters. The second kappa shape index (κ2) is 8.04. The molecule has 0 saturated heterocycles. The largest absolute Gasteiger partial charge is 0.464 e. The van der Waals surface area contributed by atoms with E-state index in [-0.39, 0.29) is 16.7 Å². The maximum atomic E-state index is 12.7. The molecule has 5 aromatic rings. The number of nitrogens with zero attached hydrogens (tertiary/aromatic N) is 1. The Morgan fingerprint density at radius 1 is 0.970 bits per heavy atom. The quantitative estimate of drug-likeness (QED) is 0.289. The molecule has 2 heterocycles. The number of primary amides is 1. The van der Waals surface area contributed by atoms with Gasteiger partial charge in [0.05, 0.1) is 17.3 Å². The summed E-state index contributed by atoms with van der Waals surface area (Å²) in [6, 6.07) is 21.2. The van der Waals surface area contributed by atoms with E-state index in [1.165, 1.54) is 12.1 Å². The SMILES string of the molecule is NC(=O)c1cccc2c1c1ccc(-c3ccco3)cc1n2Cc1ccc(SC(F)(F)F)cc1. The topological polar surface area (TPSA) is 61.2 Å². The predicted octanol–water partition coefficient (Wildman–Crippen LogP) is 6.81. The minimum absolute atomic E-state index is 0.129. The summed E-state index contributed by atoms with van der Waals surface area (Å²) >= 11 is -0.140. The van der Waals surface area contributed by atoms with Gasteiger partial charge in [-0.3, -0.25) is 4.79 Å². The molecule has 0 fully saturated rings. The van der Waals surface area contributed by atoms with Gasteiger partial charge in [0.1, 0.15) is 5.76 Å². The summed E-state index contributed by atoms with van der Waals surface area (Å²) in [7, 11) is 0. The van der Waals surface area contributed by atoms with E-state index < -0.39 is 11.4 Å². The molecular formula is C25H17F3N2O2S. The highest BCUT2D eigenvalue weighted by atomic mass is 32.2. The maximum Gasteiger partial charge on any atom is 0.446 e. The van der Waals surface area contributed by atoms with Crippen molar-refractivity contribution in [2.24, 2.45) is 5.73 Å². The van der Waals surface area contributed by atoms with Gasteiger partial charge in [-0.2, -0.15) is 13.2 Å². The highest BCUT2D eigenvalue weighted by Crippen LogP contribution is 2.38. The first-order valence-electron chi connectivity index (χ1n) is 10.0. The number of hydrogen-bond donors (Lipinski definition) is 1. The third-order valence-corrected chi connectivity index (χ3v) is 6.20. The van der Waals surface area contributed by atoms with E-state index in [1.807, 2.05) is 34.9 Å². The highest BCUT2D eigenvalue weighted by molar-refractivity contribution is 8.00. The Morgan fingerprint density at radius 2 is 1.76 bits per heavy atom. The van der Waals surface area contributed by atoms with Gasteiger partial charge >= 0.3 is 5.51 Å². The van der Waals surface area contributed by atoms with Gasteiger partial charge in [0.25, 0.3) is 0 Å². The molecule has 2 aromatic heterocycles. The molecule has 0 bridgehead atoms. The molecule has 0 aliphatic rings. The van der Waals surface area contributed by atoms with Crippen LogP contribution in [-0.4, -0.2) is 16.0 Å². The second-order valence-electron chi connectivity index (χ2n) is 7.55. The van der Waals surface area contributed by atoms with Crippen molar-refractivity contribution < 1.29 is 22.4 Å². The fraction of sp³-hybridized carbons (Fsp3) is 0.0800. The monoisotopic (exact) mass is 466 g/mol. The first-order chi connectivity index (χ1) is 15.8. The van der Waals surface area contributed by atoms with Crippen molar-refractivity contribution in [3.63, 3.8) is 0 Å². The molecule has 166 valence electrons. The Balaban J connectivity index is 1.66. The van der Waals surface area contributed by atoms with Crippen LogP contribution in [0.2, 0.25) is 0 Å². The molecule has 0 radical (unpaired) electrons. The van der Waals surface area contributed by atoms with Gasteiger partial charge in [0, 0.05) is 33.3 Å². The Kier molecular flexibility index (Phi) is 5.17. The lowest BCUT2D eigenvalue weighted by molar-refractivity contribution is -0.0328. The number of aromatic nitrogens is 1. The molecule has 0 aliphatic carbocycles. The fourth-order valence-corrected chi connectivity index (χ4v) is 4.63. The van der Waals surface area contributed by atoms with E-state index in [9.17, 15) is 18.0 Å². The number of carbonyl (C=O) groups excluding carboxylic acids is 1. The summed E-state index contributed by atoms with van der Waals surface area (Å²) in [5, 5.41) is 1.61. The summed E-state index contributed by atoms with van der Waals surface area (Å²) < 4.78 is 45.6. The summed E-state index contributed by atoms with van der Waals surface area (Å²) in [6.07, 6.45) is 1.60. The average molecular weight is 466 g/mol. The van der Waals surface area contributed by atoms with Crippen molar-refractivity contribution >= 4 is 39.5 Å². The lowest BCUT2D eigenvalue weighted by Gasteiger charge is -2.10. The summed E-state index contributed by atoms with van der Waals surface area (Å²) in [5.74, 6) is 0.181. The summed E-state index contributed by atoms with van der Waals surface area (Å²) in [4.78, 5) is 12.3. The van der Waals surface area contributed by atoms with E-state index in [2.05, 4.69) is 0 Å². The number of halogens is 3. The number of nitrogens with two attached hydrogens (primary N) is 1. The number of benzene rings is 3. The fourth-order valence-electron chi connectivity index (χ4n) is 4.10. The maximum absolute atomic E-state index is 12.7. The van der Waals surface area contributed by atoms with Crippen molar-refractivity contribution in [2.75, 3.05) is 0 Å². The molecule has 3 aromatic carbocycles.